The number of anilines is 1. The van der Waals surface area contributed by atoms with Crippen LogP contribution in [0, 0.1) is 5.92 Å². The fourth-order valence-corrected chi connectivity index (χ4v) is 3.15. The summed E-state index contributed by atoms with van der Waals surface area (Å²) in [6, 6.07) is 6.45. The van der Waals surface area contributed by atoms with Crippen molar-refractivity contribution in [2.75, 3.05) is 31.1 Å². The maximum absolute atomic E-state index is 11.7. The molecular formula is C18H26N2O3. The summed E-state index contributed by atoms with van der Waals surface area (Å²) in [4.78, 5) is 14.1. The van der Waals surface area contributed by atoms with Crippen LogP contribution in [0.1, 0.15) is 32.8 Å². The molecule has 0 radical (unpaired) electrons. The molecule has 0 aliphatic carbocycles. The molecule has 1 fully saturated rings. The molecule has 126 valence electrons. The van der Waals surface area contributed by atoms with E-state index >= 15 is 0 Å². The molecule has 2 heterocycles. The monoisotopic (exact) mass is 318 g/mol. The molecule has 5 nitrogen and oxygen atoms in total. The fourth-order valence-electron chi connectivity index (χ4n) is 3.15. The molecule has 1 amide bonds. The third-order valence-corrected chi connectivity index (χ3v) is 4.26. The van der Waals surface area contributed by atoms with Crippen LogP contribution in [0.3, 0.4) is 0 Å². The Kier molecular flexibility index (Phi) is 4.37. The van der Waals surface area contributed by atoms with E-state index in [1.165, 1.54) is 11.3 Å². The molecule has 0 aromatic heterocycles. The lowest BCUT2D eigenvalue weighted by atomic mass is 10.1. The molecule has 1 saturated heterocycles. The minimum Gasteiger partial charge on any atom is -0.493 e. The van der Waals surface area contributed by atoms with Crippen LogP contribution in [0.5, 0.6) is 5.75 Å². The van der Waals surface area contributed by atoms with E-state index in [0.717, 1.165) is 38.3 Å². The van der Waals surface area contributed by atoms with Crippen molar-refractivity contribution in [2.45, 2.75) is 39.2 Å². The summed E-state index contributed by atoms with van der Waals surface area (Å²) in [7, 11) is 0. The van der Waals surface area contributed by atoms with E-state index in [4.69, 9.17) is 9.47 Å². The van der Waals surface area contributed by atoms with E-state index in [0.29, 0.717) is 12.5 Å². The smallest absolute Gasteiger partial charge is 0.407 e. The quantitative estimate of drug-likeness (QED) is 0.931. The lowest BCUT2D eigenvalue weighted by molar-refractivity contribution is 0.0520. The molecule has 0 bridgehead atoms. The summed E-state index contributed by atoms with van der Waals surface area (Å²) in [6.45, 7) is 9.08. The highest BCUT2D eigenvalue weighted by atomic mass is 16.6. The number of amides is 1. The topological polar surface area (TPSA) is 50.8 Å². The standard InChI is InChI=1S/C18H26N2O3/c1-18(2,3)23-17(21)19-11-13-6-8-20(12-13)15-4-5-16-14(10-15)7-9-22-16/h4-5,10,13H,6-9,11-12H2,1-3H3,(H,19,21). The molecular weight excluding hydrogens is 292 g/mol. The molecule has 1 N–H and O–H groups in total. The van der Waals surface area contributed by atoms with Gasteiger partial charge in [-0.1, -0.05) is 0 Å². The van der Waals surface area contributed by atoms with Crippen LogP contribution in [0.2, 0.25) is 0 Å². The number of fused-ring (bicyclic) bond motifs is 1. The number of alkyl carbamates (subject to hydrolysis) is 1. The number of carbonyl (C=O) groups excluding carboxylic acids is 1. The normalized spacial score (nSPS) is 20.1. The summed E-state index contributed by atoms with van der Waals surface area (Å²) in [5.41, 5.74) is 2.12. The molecule has 3 rings (SSSR count). The molecule has 0 saturated carbocycles. The third kappa shape index (κ3) is 4.09. The maximum atomic E-state index is 11.7. The highest BCUT2D eigenvalue weighted by Crippen LogP contribution is 2.31. The van der Waals surface area contributed by atoms with Crippen LogP contribution in [0.15, 0.2) is 18.2 Å². The fraction of sp³-hybridized carbons (Fsp3) is 0.611. The van der Waals surface area contributed by atoms with Gasteiger partial charge in [0.2, 0.25) is 0 Å². The van der Waals surface area contributed by atoms with Gasteiger partial charge in [-0.2, -0.15) is 0 Å². The Balaban J connectivity index is 1.50. The van der Waals surface area contributed by atoms with E-state index in [9.17, 15) is 4.79 Å². The molecule has 1 atom stereocenters. The molecule has 23 heavy (non-hydrogen) atoms. The van der Waals surface area contributed by atoms with E-state index in [-0.39, 0.29) is 6.09 Å². The lowest BCUT2D eigenvalue weighted by Gasteiger charge is -2.21. The number of rotatable bonds is 3. The van der Waals surface area contributed by atoms with Gasteiger partial charge in [-0.25, -0.2) is 4.79 Å². The van der Waals surface area contributed by atoms with Gasteiger partial charge < -0.3 is 19.7 Å². The highest BCUT2D eigenvalue weighted by molar-refractivity contribution is 5.67. The van der Waals surface area contributed by atoms with Crippen molar-refractivity contribution in [3.8, 4) is 5.75 Å². The Morgan fingerprint density at radius 1 is 1.43 bits per heavy atom. The first-order chi connectivity index (χ1) is 10.9. The summed E-state index contributed by atoms with van der Waals surface area (Å²) >= 11 is 0. The van der Waals surface area contributed by atoms with Crippen molar-refractivity contribution >= 4 is 11.8 Å². The SMILES string of the molecule is CC(C)(C)OC(=O)NCC1CCN(c2ccc3c(c2)CCO3)C1. The van der Waals surface area contributed by atoms with Crippen molar-refractivity contribution in [1.29, 1.82) is 0 Å². The van der Waals surface area contributed by atoms with Gasteiger partial charge in [0, 0.05) is 31.7 Å². The van der Waals surface area contributed by atoms with E-state index in [2.05, 4.69) is 28.4 Å². The van der Waals surface area contributed by atoms with Crippen molar-refractivity contribution in [3.63, 3.8) is 0 Å². The van der Waals surface area contributed by atoms with Gasteiger partial charge in [0.15, 0.2) is 0 Å². The Morgan fingerprint density at radius 2 is 2.26 bits per heavy atom. The average molecular weight is 318 g/mol. The van der Waals surface area contributed by atoms with Crippen molar-refractivity contribution < 1.29 is 14.3 Å². The summed E-state index contributed by atoms with van der Waals surface area (Å²) in [6.07, 6.45) is 1.76. The number of ether oxygens (including phenoxy) is 2. The molecule has 1 aromatic rings. The Morgan fingerprint density at radius 3 is 3.04 bits per heavy atom. The first-order valence-electron chi connectivity index (χ1n) is 8.38. The van der Waals surface area contributed by atoms with E-state index in [1.54, 1.807) is 0 Å². The molecule has 0 spiro atoms. The van der Waals surface area contributed by atoms with E-state index < -0.39 is 5.60 Å². The summed E-state index contributed by atoms with van der Waals surface area (Å²) in [5.74, 6) is 1.49. The van der Waals surface area contributed by atoms with Gasteiger partial charge in [0.1, 0.15) is 11.4 Å². The molecule has 1 unspecified atom stereocenters. The largest absolute Gasteiger partial charge is 0.493 e. The van der Waals surface area contributed by atoms with Crippen molar-refractivity contribution in [2.24, 2.45) is 5.92 Å². The van der Waals surface area contributed by atoms with Crippen molar-refractivity contribution in [3.05, 3.63) is 23.8 Å². The van der Waals surface area contributed by atoms with Gasteiger partial charge in [-0.05, 0) is 56.9 Å². The van der Waals surface area contributed by atoms with Gasteiger partial charge in [0.05, 0.1) is 6.61 Å². The van der Waals surface area contributed by atoms with Gasteiger partial charge >= 0.3 is 6.09 Å². The third-order valence-electron chi connectivity index (χ3n) is 4.26. The first kappa shape index (κ1) is 16.0. The maximum Gasteiger partial charge on any atom is 0.407 e. The van der Waals surface area contributed by atoms with Crippen LogP contribution in [-0.4, -0.2) is 37.9 Å². The summed E-state index contributed by atoms with van der Waals surface area (Å²) < 4.78 is 10.8. The lowest BCUT2D eigenvalue weighted by Crippen LogP contribution is -2.36. The average Bonchev–Trinajstić information content (AvgIpc) is 3.11. The summed E-state index contributed by atoms with van der Waals surface area (Å²) in [5, 5.41) is 2.89. The second-order valence-corrected chi connectivity index (χ2v) is 7.37. The van der Waals surface area contributed by atoms with Crippen LogP contribution in [0.25, 0.3) is 0 Å². The number of hydrogen-bond donors (Lipinski definition) is 1. The Labute approximate surface area is 137 Å². The zero-order chi connectivity index (χ0) is 16.4. The predicted molar refractivity (Wildman–Crippen MR) is 90.2 cm³/mol. The number of hydrogen-bond acceptors (Lipinski definition) is 4. The zero-order valence-corrected chi connectivity index (χ0v) is 14.2. The molecule has 5 heteroatoms. The first-order valence-corrected chi connectivity index (χ1v) is 8.38. The Bertz CT molecular complexity index is 580. The number of nitrogens with one attached hydrogen (secondary N) is 1. The second kappa shape index (κ2) is 6.30. The molecule has 2 aliphatic heterocycles. The Hall–Kier alpha value is -1.91. The van der Waals surface area contributed by atoms with Crippen LogP contribution >= 0.6 is 0 Å². The zero-order valence-electron chi connectivity index (χ0n) is 14.2. The van der Waals surface area contributed by atoms with Crippen LogP contribution < -0.4 is 15.0 Å². The number of carbonyl (C=O) groups is 1. The molecule has 2 aliphatic rings. The van der Waals surface area contributed by atoms with Gasteiger partial charge in [0.25, 0.3) is 0 Å². The van der Waals surface area contributed by atoms with Crippen molar-refractivity contribution in [1.82, 2.24) is 5.32 Å². The van der Waals surface area contributed by atoms with Gasteiger partial charge in [-0.15, -0.1) is 0 Å². The highest BCUT2D eigenvalue weighted by Gasteiger charge is 2.25. The van der Waals surface area contributed by atoms with Gasteiger partial charge in [-0.3, -0.25) is 0 Å². The predicted octanol–water partition coefficient (Wildman–Crippen LogP) is 2.97. The minimum absolute atomic E-state index is 0.328. The number of benzene rings is 1. The number of nitrogens with zero attached hydrogens (tertiary/aromatic N) is 1. The van der Waals surface area contributed by atoms with Crippen LogP contribution in [-0.2, 0) is 11.2 Å². The second-order valence-electron chi connectivity index (χ2n) is 7.37. The molecule has 1 aromatic carbocycles. The van der Waals surface area contributed by atoms with Crippen LogP contribution in [0.4, 0.5) is 10.5 Å². The van der Waals surface area contributed by atoms with E-state index in [1.807, 2.05) is 20.8 Å². The minimum atomic E-state index is -0.446.